The second kappa shape index (κ2) is 9.21. The summed E-state index contributed by atoms with van der Waals surface area (Å²) in [5.74, 6) is -0.0641. The highest BCUT2D eigenvalue weighted by Crippen LogP contribution is 2.08. The number of carbonyl (C=O) groups is 1. The molecule has 2 aromatic rings. The highest BCUT2D eigenvalue weighted by Gasteiger charge is 2.05. The van der Waals surface area contributed by atoms with Gasteiger partial charge in [0.1, 0.15) is 0 Å². The largest absolute Gasteiger partial charge is 0.348 e. The Morgan fingerprint density at radius 3 is 2.00 bits per heavy atom. The Balaban J connectivity index is 1.88. The lowest BCUT2D eigenvalue weighted by molar-refractivity contribution is 0.0951. The topological polar surface area (TPSA) is 58.4 Å². The smallest absolute Gasteiger partial charge is 0.251 e. The Kier molecular flexibility index (Phi) is 6.97. The molecule has 0 atom stereocenters. The van der Waals surface area contributed by atoms with Gasteiger partial charge in [0, 0.05) is 25.2 Å². The molecular formula is C20H27N3O. The molecule has 3 N–H and O–H groups in total. The van der Waals surface area contributed by atoms with Gasteiger partial charge < -0.3 is 11.1 Å². The van der Waals surface area contributed by atoms with Gasteiger partial charge in [0.2, 0.25) is 0 Å². The Bertz CT molecular complexity index is 631. The van der Waals surface area contributed by atoms with Gasteiger partial charge >= 0.3 is 0 Å². The Hall–Kier alpha value is -2.17. The van der Waals surface area contributed by atoms with E-state index < -0.39 is 0 Å². The quantitative estimate of drug-likeness (QED) is 0.784. The van der Waals surface area contributed by atoms with Crippen LogP contribution in [0.3, 0.4) is 0 Å². The zero-order valence-electron chi connectivity index (χ0n) is 14.6. The van der Waals surface area contributed by atoms with E-state index in [9.17, 15) is 4.79 Å². The Labute approximate surface area is 144 Å². The van der Waals surface area contributed by atoms with Gasteiger partial charge in [-0.1, -0.05) is 50.2 Å². The Morgan fingerprint density at radius 1 is 0.917 bits per heavy atom. The van der Waals surface area contributed by atoms with Crippen molar-refractivity contribution in [2.24, 2.45) is 5.73 Å². The highest BCUT2D eigenvalue weighted by molar-refractivity contribution is 5.94. The molecular weight excluding hydrogens is 298 g/mol. The number of hydrogen-bond acceptors (Lipinski definition) is 3. The number of carbonyl (C=O) groups excluding carboxylic acids is 1. The average molecular weight is 325 g/mol. The van der Waals surface area contributed by atoms with Gasteiger partial charge in [-0.05, 0) is 41.9 Å². The molecule has 0 radical (unpaired) electrons. The van der Waals surface area contributed by atoms with Crippen LogP contribution in [0.1, 0.15) is 40.9 Å². The van der Waals surface area contributed by atoms with Gasteiger partial charge in [0.05, 0.1) is 0 Å². The monoisotopic (exact) mass is 325 g/mol. The van der Waals surface area contributed by atoms with Crippen LogP contribution in [0.4, 0.5) is 0 Å². The molecule has 2 rings (SSSR count). The molecule has 0 aliphatic carbocycles. The predicted octanol–water partition coefficient (Wildman–Crippen LogP) is 2.92. The van der Waals surface area contributed by atoms with Crippen molar-refractivity contribution in [1.82, 2.24) is 10.2 Å². The van der Waals surface area contributed by atoms with Gasteiger partial charge in [-0.3, -0.25) is 9.69 Å². The maximum Gasteiger partial charge on any atom is 0.251 e. The molecule has 2 aromatic carbocycles. The van der Waals surface area contributed by atoms with Crippen LogP contribution in [-0.2, 0) is 19.6 Å². The van der Waals surface area contributed by atoms with Crippen molar-refractivity contribution in [1.29, 1.82) is 0 Å². The molecule has 0 saturated carbocycles. The van der Waals surface area contributed by atoms with Crippen LogP contribution in [0.2, 0.25) is 0 Å². The molecule has 1 amide bonds. The van der Waals surface area contributed by atoms with Crippen LogP contribution < -0.4 is 11.1 Å². The van der Waals surface area contributed by atoms with Crippen molar-refractivity contribution in [3.8, 4) is 0 Å². The van der Waals surface area contributed by atoms with Crippen LogP contribution in [-0.4, -0.2) is 23.9 Å². The van der Waals surface area contributed by atoms with E-state index in [0.717, 1.165) is 30.8 Å². The number of benzene rings is 2. The molecule has 0 fully saturated rings. The van der Waals surface area contributed by atoms with Gasteiger partial charge in [0.25, 0.3) is 5.91 Å². The van der Waals surface area contributed by atoms with Crippen LogP contribution in [0.25, 0.3) is 0 Å². The molecule has 0 heterocycles. The lowest BCUT2D eigenvalue weighted by Gasteiger charge is -2.18. The molecule has 0 aliphatic rings. The molecule has 0 bridgehead atoms. The summed E-state index contributed by atoms with van der Waals surface area (Å²) >= 11 is 0. The molecule has 0 aliphatic heterocycles. The lowest BCUT2D eigenvalue weighted by Crippen LogP contribution is -2.23. The standard InChI is InChI=1S/C20H27N3O/c1-3-23(4-2)15-18-7-5-17(6-8-18)14-22-20(24)19-11-9-16(13-21)10-12-19/h5-12H,3-4,13-15,21H2,1-2H3,(H,22,24). The number of nitrogens with zero attached hydrogens (tertiary/aromatic N) is 1. The van der Waals surface area contributed by atoms with E-state index in [-0.39, 0.29) is 5.91 Å². The third-order valence-corrected chi connectivity index (χ3v) is 4.23. The second-order valence-corrected chi connectivity index (χ2v) is 5.86. The first-order valence-corrected chi connectivity index (χ1v) is 8.53. The van der Waals surface area contributed by atoms with Crippen molar-refractivity contribution in [3.63, 3.8) is 0 Å². The summed E-state index contributed by atoms with van der Waals surface area (Å²) in [5.41, 5.74) is 9.65. The van der Waals surface area contributed by atoms with Crippen molar-refractivity contribution >= 4 is 5.91 Å². The predicted molar refractivity (Wildman–Crippen MR) is 98.6 cm³/mol. The minimum Gasteiger partial charge on any atom is -0.348 e. The summed E-state index contributed by atoms with van der Waals surface area (Å²) in [6, 6.07) is 15.8. The number of rotatable bonds is 8. The maximum absolute atomic E-state index is 12.2. The fourth-order valence-corrected chi connectivity index (χ4v) is 2.54. The van der Waals surface area contributed by atoms with Gasteiger partial charge in [0.15, 0.2) is 0 Å². The Morgan fingerprint density at radius 2 is 1.46 bits per heavy atom. The first kappa shape index (κ1) is 18.2. The van der Waals surface area contributed by atoms with Crippen molar-refractivity contribution in [3.05, 3.63) is 70.8 Å². The molecule has 4 heteroatoms. The van der Waals surface area contributed by atoms with E-state index in [1.807, 2.05) is 24.3 Å². The van der Waals surface area contributed by atoms with Crippen LogP contribution in [0.5, 0.6) is 0 Å². The zero-order chi connectivity index (χ0) is 17.4. The molecule has 24 heavy (non-hydrogen) atoms. The first-order valence-electron chi connectivity index (χ1n) is 8.53. The molecule has 0 aromatic heterocycles. The summed E-state index contributed by atoms with van der Waals surface area (Å²) in [4.78, 5) is 14.5. The highest BCUT2D eigenvalue weighted by atomic mass is 16.1. The van der Waals surface area contributed by atoms with Crippen LogP contribution in [0.15, 0.2) is 48.5 Å². The molecule has 0 saturated heterocycles. The van der Waals surface area contributed by atoms with E-state index in [2.05, 4.69) is 48.3 Å². The van der Waals surface area contributed by atoms with Crippen LogP contribution in [0, 0.1) is 0 Å². The van der Waals surface area contributed by atoms with E-state index in [1.54, 1.807) is 0 Å². The first-order chi connectivity index (χ1) is 11.7. The normalized spacial score (nSPS) is 10.8. The summed E-state index contributed by atoms with van der Waals surface area (Å²) in [7, 11) is 0. The zero-order valence-corrected chi connectivity index (χ0v) is 14.6. The summed E-state index contributed by atoms with van der Waals surface area (Å²) in [6.07, 6.45) is 0. The third kappa shape index (κ3) is 5.18. The number of amides is 1. The SMILES string of the molecule is CCN(CC)Cc1ccc(CNC(=O)c2ccc(CN)cc2)cc1. The summed E-state index contributed by atoms with van der Waals surface area (Å²) < 4.78 is 0. The number of nitrogens with one attached hydrogen (secondary N) is 1. The van der Waals surface area contributed by atoms with E-state index in [0.29, 0.717) is 18.7 Å². The van der Waals surface area contributed by atoms with Crippen molar-refractivity contribution in [2.75, 3.05) is 13.1 Å². The fraction of sp³-hybridized carbons (Fsp3) is 0.350. The second-order valence-electron chi connectivity index (χ2n) is 5.86. The van der Waals surface area contributed by atoms with Crippen LogP contribution >= 0.6 is 0 Å². The van der Waals surface area contributed by atoms with E-state index in [4.69, 9.17) is 5.73 Å². The van der Waals surface area contributed by atoms with E-state index in [1.165, 1.54) is 5.56 Å². The average Bonchev–Trinajstić information content (AvgIpc) is 2.65. The van der Waals surface area contributed by atoms with E-state index >= 15 is 0 Å². The van der Waals surface area contributed by atoms with Crippen molar-refractivity contribution in [2.45, 2.75) is 33.5 Å². The van der Waals surface area contributed by atoms with Gasteiger partial charge in [-0.15, -0.1) is 0 Å². The molecule has 0 spiro atoms. The summed E-state index contributed by atoms with van der Waals surface area (Å²) in [5, 5.41) is 2.95. The fourth-order valence-electron chi connectivity index (χ4n) is 2.54. The number of nitrogens with two attached hydrogens (primary N) is 1. The van der Waals surface area contributed by atoms with Gasteiger partial charge in [-0.25, -0.2) is 0 Å². The molecule has 4 nitrogen and oxygen atoms in total. The van der Waals surface area contributed by atoms with Gasteiger partial charge in [-0.2, -0.15) is 0 Å². The minimum absolute atomic E-state index is 0.0641. The molecule has 0 unspecified atom stereocenters. The minimum atomic E-state index is -0.0641. The lowest BCUT2D eigenvalue weighted by atomic mass is 10.1. The van der Waals surface area contributed by atoms with Crippen molar-refractivity contribution < 1.29 is 4.79 Å². The summed E-state index contributed by atoms with van der Waals surface area (Å²) in [6.45, 7) is 8.44. The molecule has 128 valence electrons. The number of hydrogen-bond donors (Lipinski definition) is 2. The maximum atomic E-state index is 12.2. The third-order valence-electron chi connectivity index (χ3n) is 4.23.